The zero-order valence-electron chi connectivity index (χ0n) is 16.0. The van der Waals surface area contributed by atoms with Gasteiger partial charge in [0.15, 0.2) is 0 Å². The number of nitrogens with one attached hydrogen (secondary N) is 1. The van der Waals surface area contributed by atoms with Crippen LogP contribution in [0.15, 0.2) is 54.6 Å². The summed E-state index contributed by atoms with van der Waals surface area (Å²) in [5.41, 5.74) is 1.59. The third-order valence-electron chi connectivity index (χ3n) is 3.83. The lowest BCUT2D eigenvalue weighted by atomic mass is 10.1. The Morgan fingerprint density at radius 2 is 1.64 bits per heavy atom. The molecule has 0 spiro atoms. The molecule has 0 aliphatic carbocycles. The summed E-state index contributed by atoms with van der Waals surface area (Å²) in [4.78, 5) is 12.3. The van der Waals surface area contributed by atoms with Crippen LogP contribution in [0, 0.1) is 0 Å². The van der Waals surface area contributed by atoms with Crippen LogP contribution in [0.25, 0.3) is 0 Å². The van der Waals surface area contributed by atoms with E-state index in [1.165, 1.54) is 0 Å². The molecule has 1 amide bonds. The van der Waals surface area contributed by atoms with Gasteiger partial charge < -0.3 is 19.1 Å². The van der Waals surface area contributed by atoms with E-state index in [0.29, 0.717) is 5.02 Å². The van der Waals surface area contributed by atoms with Crippen LogP contribution in [0.4, 0.5) is 4.79 Å². The maximum atomic E-state index is 13.0. The number of rotatable bonds is 10. The van der Waals surface area contributed by atoms with Gasteiger partial charge in [0.05, 0.1) is 25.4 Å². The summed E-state index contributed by atoms with van der Waals surface area (Å²) < 4.78 is 29.0. The van der Waals surface area contributed by atoms with E-state index in [9.17, 15) is 9.36 Å². The summed E-state index contributed by atoms with van der Waals surface area (Å²) in [6.07, 6.45) is -0.639. The molecular weight excluding hydrogens is 401 g/mol. The first-order valence-corrected chi connectivity index (χ1v) is 11.2. The van der Waals surface area contributed by atoms with Crippen molar-refractivity contribution in [2.75, 3.05) is 19.4 Å². The predicted octanol–water partition coefficient (Wildman–Crippen LogP) is 5.57. The Kier molecular flexibility index (Phi) is 9.00. The Hall–Kier alpha value is -1.85. The lowest BCUT2D eigenvalue weighted by Gasteiger charge is -2.24. The van der Waals surface area contributed by atoms with E-state index in [4.69, 9.17) is 25.4 Å². The second-order valence-electron chi connectivity index (χ2n) is 5.94. The minimum Gasteiger partial charge on any atom is -0.445 e. The Morgan fingerprint density at radius 3 is 2.21 bits per heavy atom. The Bertz CT molecular complexity index is 775. The average Bonchev–Trinajstić information content (AvgIpc) is 2.67. The fourth-order valence-electron chi connectivity index (χ4n) is 2.60. The first-order chi connectivity index (χ1) is 13.5. The van der Waals surface area contributed by atoms with Crippen LogP contribution in [0.5, 0.6) is 0 Å². The fourth-order valence-corrected chi connectivity index (χ4v) is 4.54. The highest BCUT2D eigenvalue weighted by Gasteiger charge is 2.30. The largest absolute Gasteiger partial charge is 0.445 e. The minimum absolute atomic E-state index is 0.0171. The van der Waals surface area contributed by atoms with E-state index in [0.717, 1.165) is 11.1 Å². The molecule has 0 unspecified atom stereocenters. The van der Waals surface area contributed by atoms with Gasteiger partial charge in [-0.2, -0.15) is 0 Å². The topological polar surface area (TPSA) is 73.9 Å². The molecule has 0 saturated heterocycles. The molecule has 2 aromatic carbocycles. The van der Waals surface area contributed by atoms with Gasteiger partial charge >= 0.3 is 13.7 Å². The minimum atomic E-state index is -3.39. The van der Waals surface area contributed by atoms with Crippen LogP contribution >= 0.6 is 19.2 Å². The van der Waals surface area contributed by atoms with Gasteiger partial charge in [-0.15, -0.1) is 0 Å². The van der Waals surface area contributed by atoms with Crippen LogP contribution in [0.2, 0.25) is 5.02 Å². The van der Waals surface area contributed by atoms with E-state index in [2.05, 4.69) is 5.32 Å². The smallest absolute Gasteiger partial charge is 0.407 e. The Balaban J connectivity index is 2.12. The summed E-state index contributed by atoms with van der Waals surface area (Å²) in [5.74, 6) is 0. The molecule has 1 N–H and O–H groups in total. The van der Waals surface area contributed by atoms with E-state index in [1.807, 2.05) is 30.3 Å². The van der Waals surface area contributed by atoms with Crippen molar-refractivity contribution in [1.82, 2.24) is 5.32 Å². The Labute approximate surface area is 170 Å². The molecule has 0 aliphatic rings. The van der Waals surface area contributed by atoms with E-state index >= 15 is 0 Å². The third-order valence-corrected chi connectivity index (χ3v) is 6.20. The van der Waals surface area contributed by atoms with Crippen molar-refractivity contribution < 1.29 is 23.1 Å². The van der Waals surface area contributed by atoms with E-state index in [-0.39, 0.29) is 26.0 Å². The van der Waals surface area contributed by atoms with Crippen molar-refractivity contribution in [2.24, 2.45) is 0 Å². The molecule has 0 bridgehead atoms. The third kappa shape index (κ3) is 7.28. The number of hydrogen-bond acceptors (Lipinski definition) is 5. The average molecular weight is 426 g/mol. The molecule has 0 saturated carbocycles. The molecule has 0 radical (unpaired) electrons. The number of ether oxygens (including phenoxy) is 1. The molecule has 8 heteroatoms. The molecule has 0 aromatic heterocycles. The number of carbonyl (C=O) groups excluding carboxylic acids is 1. The summed E-state index contributed by atoms with van der Waals surface area (Å²) in [6.45, 7) is 4.09. The van der Waals surface area contributed by atoms with Crippen molar-refractivity contribution in [3.8, 4) is 0 Å². The Morgan fingerprint density at radius 1 is 1.04 bits per heavy atom. The van der Waals surface area contributed by atoms with Crippen LogP contribution in [-0.4, -0.2) is 25.5 Å². The number of carbonyl (C=O) groups is 1. The van der Waals surface area contributed by atoms with Crippen LogP contribution in [-0.2, 0) is 25.0 Å². The highest BCUT2D eigenvalue weighted by molar-refractivity contribution is 7.53. The molecule has 1 atom stereocenters. The highest BCUT2D eigenvalue weighted by atomic mass is 35.5. The molecule has 0 aliphatic heterocycles. The van der Waals surface area contributed by atoms with Gasteiger partial charge in [-0.05, 0) is 37.1 Å². The lowest BCUT2D eigenvalue weighted by Crippen LogP contribution is -2.31. The van der Waals surface area contributed by atoms with Gasteiger partial charge in [0.25, 0.3) is 0 Å². The molecule has 2 rings (SSSR count). The zero-order chi connectivity index (χ0) is 20.4. The van der Waals surface area contributed by atoms with Crippen LogP contribution in [0.3, 0.4) is 0 Å². The molecule has 6 nitrogen and oxygen atoms in total. The van der Waals surface area contributed by atoms with Crippen molar-refractivity contribution in [3.63, 3.8) is 0 Å². The monoisotopic (exact) mass is 425 g/mol. The first kappa shape index (κ1) is 22.4. The summed E-state index contributed by atoms with van der Waals surface area (Å²) >= 11 is 5.96. The van der Waals surface area contributed by atoms with Crippen molar-refractivity contribution in [3.05, 3.63) is 70.7 Å². The summed E-state index contributed by atoms with van der Waals surface area (Å²) in [6, 6.07) is 15.6. The van der Waals surface area contributed by atoms with Gasteiger partial charge in [0, 0.05) is 5.02 Å². The number of alkyl carbamates (subject to hydrolysis) is 1. The number of amides is 1. The first-order valence-electron chi connectivity index (χ1n) is 9.06. The molecule has 28 heavy (non-hydrogen) atoms. The molecule has 152 valence electrons. The number of hydrogen-bond donors (Lipinski definition) is 1. The zero-order valence-corrected chi connectivity index (χ0v) is 17.6. The van der Waals surface area contributed by atoms with Crippen LogP contribution < -0.4 is 5.32 Å². The van der Waals surface area contributed by atoms with Gasteiger partial charge in [0.1, 0.15) is 6.61 Å². The van der Waals surface area contributed by atoms with E-state index < -0.39 is 19.7 Å². The van der Waals surface area contributed by atoms with Gasteiger partial charge in [-0.25, -0.2) is 4.79 Å². The summed E-state index contributed by atoms with van der Waals surface area (Å²) in [7, 11) is -3.39. The second kappa shape index (κ2) is 11.2. The van der Waals surface area contributed by atoms with Crippen molar-refractivity contribution in [2.45, 2.75) is 26.5 Å². The maximum Gasteiger partial charge on any atom is 0.407 e. The normalized spacial score (nSPS) is 12.4. The van der Waals surface area contributed by atoms with Gasteiger partial charge in [-0.1, -0.05) is 54.1 Å². The molecule has 0 heterocycles. The lowest BCUT2D eigenvalue weighted by molar-refractivity contribution is 0.136. The fraction of sp³-hybridized carbons (Fsp3) is 0.350. The van der Waals surface area contributed by atoms with E-state index in [1.54, 1.807) is 38.1 Å². The van der Waals surface area contributed by atoms with Crippen LogP contribution in [0.1, 0.15) is 31.0 Å². The number of halogens is 1. The van der Waals surface area contributed by atoms with Gasteiger partial charge in [0.2, 0.25) is 0 Å². The van der Waals surface area contributed by atoms with Crippen molar-refractivity contribution in [1.29, 1.82) is 0 Å². The molecule has 2 aromatic rings. The predicted molar refractivity (Wildman–Crippen MR) is 110 cm³/mol. The number of benzene rings is 2. The quantitative estimate of drug-likeness (QED) is 0.503. The van der Waals surface area contributed by atoms with Gasteiger partial charge in [-0.3, -0.25) is 4.57 Å². The second-order valence-corrected chi connectivity index (χ2v) is 8.48. The SMILES string of the molecule is CCOP(=O)(C[C@H](NC(=O)OCc1ccccc1)c1ccc(Cl)cc1)OCC. The maximum absolute atomic E-state index is 13.0. The standard InChI is InChI=1S/C20H25ClNO5P/c1-3-26-28(24,27-4-2)15-19(17-10-12-18(21)13-11-17)22-20(23)25-14-16-8-6-5-7-9-16/h5-13,19H,3-4,14-15H2,1-2H3,(H,22,23)/t19-/m0/s1. The molecular formula is C20H25ClNO5P. The van der Waals surface area contributed by atoms with Crippen molar-refractivity contribution >= 4 is 25.3 Å². The highest BCUT2D eigenvalue weighted by Crippen LogP contribution is 2.50. The summed E-state index contributed by atoms with van der Waals surface area (Å²) in [5, 5.41) is 3.32. The molecule has 0 fully saturated rings.